The molecule has 1 amide bonds. The lowest BCUT2D eigenvalue weighted by molar-refractivity contribution is -0.134. The Morgan fingerprint density at radius 3 is 2.54 bits per heavy atom. The van der Waals surface area contributed by atoms with Crippen LogP contribution in [0, 0.1) is 0 Å². The first-order valence-corrected chi connectivity index (χ1v) is 8.87. The van der Waals surface area contributed by atoms with Crippen LogP contribution >= 0.6 is 0 Å². The molecule has 5 heteroatoms. The summed E-state index contributed by atoms with van der Waals surface area (Å²) in [5, 5.41) is 0.529. The Bertz CT molecular complexity index is 950. The second kappa shape index (κ2) is 7.95. The van der Waals surface area contributed by atoms with E-state index in [9.17, 15) is 9.59 Å². The number of hydrogen-bond donors (Lipinski definition) is 0. The molecule has 1 atom stereocenters. The van der Waals surface area contributed by atoms with Gasteiger partial charge in [-0.15, -0.1) is 0 Å². The highest BCUT2D eigenvalue weighted by Crippen LogP contribution is 2.12. The van der Waals surface area contributed by atoms with Crippen LogP contribution in [0.1, 0.15) is 25.8 Å². The largest absolute Gasteiger partial charge is 0.334 e. The van der Waals surface area contributed by atoms with Crippen molar-refractivity contribution >= 4 is 16.8 Å². The highest BCUT2D eigenvalue weighted by molar-refractivity contribution is 5.79. The van der Waals surface area contributed by atoms with Crippen LogP contribution in [0.2, 0.25) is 0 Å². The average molecular weight is 349 g/mol. The number of nitrogens with zero attached hydrogens (tertiary/aromatic N) is 3. The molecule has 0 saturated carbocycles. The minimum Gasteiger partial charge on any atom is -0.334 e. The highest BCUT2D eigenvalue weighted by atomic mass is 16.2. The lowest BCUT2D eigenvalue weighted by atomic mass is 10.1. The summed E-state index contributed by atoms with van der Waals surface area (Å²) in [5.41, 5.74) is 1.53. The van der Waals surface area contributed by atoms with E-state index in [2.05, 4.69) is 11.9 Å². The molecule has 2 aromatic carbocycles. The van der Waals surface area contributed by atoms with Gasteiger partial charge in [-0.05, 0) is 31.0 Å². The number of carbonyl (C=O) groups excluding carboxylic acids is 1. The standard InChI is InChI=1S/C21H23N3O2/c1-3-16(2)24(13-17-9-5-4-6-10-17)20(25)14-23-15-22-19-12-8-7-11-18(19)21(23)26/h4-12,15-16H,3,13-14H2,1-2H3. The van der Waals surface area contributed by atoms with Crippen molar-refractivity contribution in [2.45, 2.75) is 39.4 Å². The molecule has 134 valence electrons. The Labute approximate surface area is 152 Å². The molecule has 1 heterocycles. The van der Waals surface area contributed by atoms with Crippen molar-refractivity contribution in [3.05, 3.63) is 76.8 Å². The Morgan fingerprint density at radius 1 is 1.12 bits per heavy atom. The molecule has 0 saturated heterocycles. The molecule has 0 radical (unpaired) electrons. The zero-order valence-electron chi connectivity index (χ0n) is 15.1. The summed E-state index contributed by atoms with van der Waals surface area (Å²) >= 11 is 0. The maximum Gasteiger partial charge on any atom is 0.261 e. The van der Waals surface area contributed by atoms with Gasteiger partial charge >= 0.3 is 0 Å². The quantitative estimate of drug-likeness (QED) is 0.686. The normalized spacial score (nSPS) is 12.1. The Balaban J connectivity index is 1.86. The SMILES string of the molecule is CCC(C)N(Cc1ccccc1)C(=O)Cn1cnc2ccccc2c1=O. The summed E-state index contributed by atoms with van der Waals surface area (Å²) in [6, 6.07) is 17.2. The fraction of sp³-hybridized carbons (Fsp3) is 0.286. The summed E-state index contributed by atoms with van der Waals surface area (Å²) in [6.07, 6.45) is 2.31. The lowest BCUT2D eigenvalue weighted by Gasteiger charge is -2.29. The molecule has 0 aliphatic carbocycles. The van der Waals surface area contributed by atoms with Gasteiger partial charge in [0, 0.05) is 12.6 Å². The van der Waals surface area contributed by atoms with E-state index in [1.54, 1.807) is 18.2 Å². The Hall–Kier alpha value is -2.95. The number of para-hydroxylation sites is 1. The van der Waals surface area contributed by atoms with E-state index in [1.807, 2.05) is 48.2 Å². The number of benzene rings is 2. The van der Waals surface area contributed by atoms with Crippen LogP contribution in [-0.4, -0.2) is 26.4 Å². The highest BCUT2D eigenvalue weighted by Gasteiger charge is 2.20. The van der Waals surface area contributed by atoms with E-state index in [4.69, 9.17) is 0 Å². The van der Waals surface area contributed by atoms with Gasteiger partial charge in [0.1, 0.15) is 6.54 Å². The molecule has 0 spiro atoms. The van der Waals surface area contributed by atoms with Crippen LogP contribution in [-0.2, 0) is 17.9 Å². The third kappa shape index (κ3) is 3.82. The van der Waals surface area contributed by atoms with Gasteiger partial charge in [0.15, 0.2) is 0 Å². The van der Waals surface area contributed by atoms with Crippen molar-refractivity contribution in [2.24, 2.45) is 0 Å². The van der Waals surface area contributed by atoms with Crippen molar-refractivity contribution in [2.75, 3.05) is 0 Å². The molecular weight excluding hydrogens is 326 g/mol. The van der Waals surface area contributed by atoms with Gasteiger partial charge in [0.05, 0.1) is 17.2 Å². The van der Waals surface area contributed by atoms with Gasteiger partial charge in [0.25, 0.3) is 5.56 Å². The predicted molar refractivity (Wildman–Crippen MR) is 103 cm³/mol. The van der Waals surface area contributed by atoms with Crippen LogP contribution in [0.4, 0.5) is 0 Å². The monoisotopic (exact) mass is 349 g/mol. The molecule has 0 bridgehead atoms. The minimum atomic E-state index is -0.187. The number of carbonyl (C=O) groups is 1. The number of fused-ring (bicyclic) bond motifs is 1. The van der Waals surface area contributed by atoms with Crippen LogP contribution in [0.15, 0.2) is 65.7 Å². The zero-order valence-corrected chi connectivity index (χ0v) is 15.1. The van der Waals surface area contributed by atoms with Gasteiger partial charge < -0.3 is 4.90 Å². The molecule has 0 N–H and O–H groups in total. The molecule has 5 nitrogen and oxygen atoms in total. The Kier molecular flexibility index (Phi) is 5.46. The maximum atomic E-state index is 12.9. The van der Waals surface area contributed by atoms with E-state index in [0.29, 0.717) is 17.4 Å². The van der Waals surface area contributed by atoms with E-state index < -0.39 is 0 Å². The van der Waals surface area contributed by atoms with Crippen LogP contribution in [0.5, 0.6) is 0 Å². The third-order valence-corrected chi connectivity index (χ3v) is 4.68. The number of rotatable bonds is 6. The molecule has 26 heavy (non-hydrogen) atoms. The summed E-state index contributed by atoms with van der Waals surface area (Å²) in [7, 11) is 0. The zero-order chi connectivity index (χ0) is 18.5. The average Bonchev–Trinajstić information content (AvgIpc) is 2.68. The second-order valence-electron chi connectivity index (χ2n) is 6.46. The molecule has 0 fully saturated rings. The lowest BCUT2D eigenvalue weighted by Crippen LogP contribution is -2.41. The van der Waals surface area contributed by atoms with Crippen molar-refractivity contribution in [3.8, 4) is 0 Å². The minimum absolute atomic E-state index is 0.00611. The second-order valence-corrected chi connectivity index (χ2v) is 6.46. The first kappa shape index (κ1) is 17.9. The fourth-order valence-corrected chi connectivity index (χ4v) is 2.95. The summed E-state index contributed by atoms with van der Waals surface area (Å²) in [6.45, 7) is 4.61. The maximum absolute atomic E-state index is 12.9. The summed E-state index contributed by atoms with van der Waals surface area (Å²) < 4.78 is 1.39. The van der Waals surface area contributed by atoms with Gasteiger partial charge in [-0.25, -0.2) is 4.98 Å². The first-order chi connectivity index (χ1) is 12.6. The van der Waals surface area contributed by atoms with Crippen LogP contribution in [0.25, 0.3) is 10.9 Å². The third-order valence-electron chi connectivity index (χ3n) is 4.68. The van der Waals surface area contributed by atoms with Gasteiger partial charge in [-0.2, -0.15) is 0 Å². The number of aromatic nitrogens is 2. The first-order valence-electron chi connectivity index (χ1n) is 8.87. The van der Waals surface area contributed by atoms with Crippen molar-refractivity contribution < 1.29 is 4.79 Å². The van der Waals surface area contributed by atoms with E-state index in [0.717, 1.165) is 12.0 Å². The molecule has 0 aliphatic rings. The van der Waals surface area contributed by atoms with Gasteiger partial charge in [0.2, 0.25) is 5.91 Å². The number of amides is 1. The summed E-state index contributed by atoms with van der Waals surface area (Å²) in [4.78, 5) is 31.7. The van der Waals surface area contributed by atoms with Crippen molar-refractivity contribution in [3.63, 3.8) is 0 Å². The van der Waals surface area contributed by atoms with Crippen molar-refractivity contribution in [1.82, 2.24) is 14.5 Å². The number of hydrogen-bond acceptors (Lipinski definition) is 3. The van der Waals surface area contributed by atoms with Crippen LogP contribution < -0.4 is 5.56 Å². The molecule has 1 aromatic heterocycles. The summed E-state index contributed by atoms with van der Waals surface area (Å²) in [5.74, 6) is -0.0811. The molecule has 1 unspecified atom stereocenters. The predicted octanol–water partition coefficient (Wildman–Crippen LogP) is 3.22. The Morgan fingerprint density at radius 2 is 1.81 bits per heavy atom. The topological polar surface area (TPSA) is 55.2 Å². The molecule has 3 aromatic rings. The van der Waals surface area contributed by atoms with Gasteiger partial charge in [-0.1, -0.05) is 49.4 Å². The van der Waals surface area contributed by atoms with E-state index >= 15 is 0 Å². The fourth-order valence-electron chi connectivity index (χ4n) is 2.95. The van der Waals surface area contributed by atoms with Crippen molar-refractivity contribution in [1.29, 1.82) is 0 Å². The molecule has 0 aliphatic heterocycles. The molecule has 3 rings (SSSR count). The molecular formula is C21H23N3O2. The van der Waals surface area contributed by atoms with E-state index in [-0.39, 0.29) is 24.1 Å². The van der Waals surface area contributed by atoms with Crippen LogP contribution in [0.3, 0.4) is 0 Å². The van der Waals surface area contributed by atoms with E-state index in [1.165, 1.54) is 10.9 Å². The van der Waals surface area contributed by atoms with Gasteiger partial charge in [-0.3, -0.25) is 14.2 Å². The smallest absolute Gasteiger partial charge is 0.261 e.